The van der Waals surface area contributed by atoms with Crippen molar-refractivity contribution in [3.05, 3.63) is 0 Å². The molecule has 2 nitrogen and oxygen atoms in total. The molecule has 0 amide bonds. The van der Waals surface area contributed by atoms with Crippen molar-refractivity contribution < 1.29 is 0 Å². The van der Waals surface area contributed by atoms with Gasteiger partial charge in [-0.25, -0.2) is 0 Å². The van der Waals surface area contributed by atoms with E-state index in [2.05, 4.69) is 51.9 Å². The third-order valence-electron chi connectivity index (χ3n) is 2.74. The molecule has 0 saturated carbocycles. The Morgan fingerprint density at radius 2 is 1.64 bits per heavy atom. The molecule has 0 bridgehead atoms. The Morgan fingerprint density at radius 3 is 2.00 bits per heavy atom. The van der Waals surface area contributed by atoms with Gasteiger partial charge in [-0.1, -0.05) is 34.6 Å². The molecule has 14 heavy (non-hydrogen) atoms. The van der Waals surface area contributed by atoms with Gasteiger partial charge in [-0.3, -0.25) is 0 Å². The number of nitrogens with one attached hydrogen (secondary N) is 1. The van der Waals surface area contributed by atoms with Gasteiger partial charge in [-0.05, 0) is 32.0 Å². The molecule has 2 heteroatoms. The minimum Gasteiger partial charge on any atom is -0.315 e. The molecule has 1 atom stereocenters. The number of rotatable bonds is 7. The summed E-state index contributed by atoms with van der Waals surface area (Å²) in [5.41, 5.74) is 0. The predicted molar refractivity (Wildman–Crippen MR) is 64.6 cm³/mol. The molecule has 0 saturated heterocycles. The first kappa shape index (κ1) is 13.9. The van der Waals surface area contributed by atoms with Crippen LogP contribution in [0.15, 0.2) is 0 Å². The fourth-order valence-electron chi connectivity index (χ4n) is 1.65. The molecule has 0 rings (SSSR count). The zero-order valence-electron chi connectivity index (χ0n) is 10.8. The van der Waals surface area contributed by atoms with E-state index in [9.17, 15) is 0 Å². The molecular formula is C12H28N2. The maximum Gasteiger partial charge on any atom is 0.0240 e. The van der Waals surface area contributed by atoms with Crippen LogP contribution in [0.4, 0.5) is 0 Å². The zero-order valence-corrected chi connectivity index (χ0v) is 10.8. The van der Waals surface area contributed by atoms with Gasteiger partial charge in [0.25, 0.3) is 0 Å². The van der Waals surface area contributed by atoms with Crippen LogP contribution in [0.2, 0.25) is 0 Å². The second-order valence-corrected chi connectivity index (χ2v) is 4.94. The Hall–Kier alpha value is -0.0800. The van der Waals surface area contributed by atoms with Gasteiger partial charge in [0.05, 0.1) is 0 Å². The van der Waals surface area contributed by atoms with Crippen LogP contribution in [0.1, 0.15) is 34.6 Å². The van der Waals surface area contributed by atoms with Crippen molar-refractivity contribution in [1.29, 1.82) is 0 Å². The molecule has 0 heterocycles. The Balaban J connectivity index is 3.85. The second kappa shape index (κ2) is 7.24. The Labute approximate surface area is 90.1 Å². The summed E-state index contributed by atoms with van der Waals surface area (Å²) >= 11 is 0. The summed E-state index contributed by atoms with van der Waals surface area (Å²) in [6, 6.07) is 0.666. The highest BCUT2D eigenvalue weighted by atomic mass is 15.1. The van der Waals surface area contributed by atoms with Crippen molar-refractivity contribution >= 4 is 0 Å². The normalized spacial score (nSPS) is 14.4. The average Bonchev–Trinajstić information content (AvgIpc) is 2.10. The van der Waals surface area contributed by atoms with E-state index in [1.807, 2.05) is 0 Å². The topological polar surface area (TPSA) is 15.3 Å². The highest BCUT2D eigenvalue weighted by Gasteiger charge is 2.16. The molecule has 0 aliphatic rings. The van der Waals surface area contributed by atoms with E-state index >= 15 is 0 Å². The van der Waals surface area contributed by atoms with Crippen LogP contribution in [-0.4, -0.2) is 37.6 Å². The lowest BCUT2D eigenvalue weighted by Gasteiger charge is -2.30. The smallest absolute Gasteiger partial charge is 0.0240 e. The number of likely N-dealkylation sites (N-methyl/N-ethyl adjacent to an activating group) is 1. The maximum absolute atomic E-state index is 3.54. The molecule has 1 unspecified atom stereocenters. The van der Waals surface area contributed by atoms with Crippen molar-refractivity contribution in [2.45, 2.75) is 40.7 Å². The van der Waals surface area contributed by atoms with Crippen molar-refractivity contribution in [2.75, 3.05) is 26.7 Å². The van der Waals surface area contributed by atoms with Gasteiger partial charge in [0.15, 0.2) is 0 Å². The fraction of sp³-hybridized carbons (Fsp3) is 1.00. The Morgan fingerprint density at radius 1 is 1.07 bits per heavy atom. The van der Waals surface area contributed by atoms with Gasteiger partial charge in [0.2, 0.25) is 0 Å². The van der Waals surface area contributed by atoms with E-state index in [0.29, 0.717) is 6.04 Å². The Bertz CT molecular complexity index is 132. The van der Waals surface area contributed by atoms with Gasteiger partial charge < -0.3 is 10.2 Å². The van der Waals surface area contributed by atoms with Crippen LogP contribution in [-0.2, 0) is 0 Å². The van der Waals surface area contributed by atoms with E-state index in [1.165, 1.54) is 0 Å². The molecular weight excluding hydrogens is 172 g/mol. The van der Waals surface area contributed by atoms with Crippen molar-refractivity contribution in [3.8, 4) is 0 Å². The zero-order chi connectivity index (χ0) is 11.1. The summed E-state index contributed by atoms with van der Waals surface area (Å²) in [6.45, 7) is 14.7. The second-order valence-electron chi connectivity index (χ2n) is 4.94. The number of nitrogens with zero attached hydrogens (tertiary/aromatic N) is 1. The molecule has 0 aromatic heterocycles. The lowest BCUT2D eigenvalue weighted by atomic mass is 10.0. The third-order valence-corrected chi connectivity index (χ3v) is 2.74. The van der Waals surface area contributed by atoms with E-state index in [4.69, 9.17) is 0 Å². The SMILES string of the molecule is CCN(C)C(CNCC(C)C)C(C)C. The molecule has 0 aliphatic carbocycles. The van der Waals surface area contributed by atoms with Crippen LogP contribution >= 0.6 is 0 Å². The molecule has 0 fully saturated rings. The van der Waals surface area contributed by atoms with Crippen LogP contribution in [0.5, 0.6) is 0 Å². The molecule has 0 aromatic rings. The van der Waals surface area contributed by atoms with Crippen molar-refractivity contribution in [3.63, 3.8) is 0 Å². The van der Waals surface area contributed by atoms with Gasteiger partial charge in [-0.2, -0.15) is 0 Å². The molecule has 0 aliphatic heterocycles. The summed E-state index contributed by atoms with van der Waals surface area (Å²) < 4.78 is 0. The van der Waals surface area contributed by atoms with E-state index in [-0.39, 0.29) is 0 Å². The minimum atomic E-state index is 0.666. The molecule has 1 N–H and O–H groups in total. The highest BCUT2D eigenvalue weighted by Crippen LogP contribution is 2.07. The molecule has 0 aromatic carbocycles. The minimum absolute atomic E-state index is 0.666. The standard InChI is InChI=1S/C12H28N2/c1-7-14(6)12(11(4)5)9-13-8-10(2)3/h10-13H,7-9H2,1-6H3. The highest BCUT2D eigenvalue weighted by molar-refractivity contribution is 4.74. The summed E-state index contributed by atoms with van der Waals surface area (Å²) in [5, 5.41) is 3.54. The third kappa shape index (κ3) is 5.61. The average molecular weight is 200 g/mol. The fourth-order valence-corrected chi connectivity index (χ4v) is 1.65. The quantitative estimate of drug-likeness (QED) is 0.678. The van der Waals surface area contributed by atoms with E-state index < -0.39 is 0 Å². The first-order valence-electron chi connectivity index (χ1n) is 5.90. The molecule has 0 spiro atoms. The van der Waals surface area contributed by atoms with Crippen LogP contribution in [0.25, 0.3) is 0 Å². The summed E-state index contributed by atoms with van der Waals surface area (Å²) in [6.07, 6.45) is 0. The van der Waals surface area contributed by atoms with Gasteiger partial charge >= 0.3 is 0 Å². The summed E-state index contributed by atoms with van der Waals surface area (Å²) in [5.74, 6) is 1.47. The molecule has 0 radical (unpaired) electrons. The Kier molecular flexibility index (Phi) is 7.20. The first-order chi connectivity index (χ1) is 6.49. The molecule has 86 valence electrons. The monoisotopic (exact) mass is 200 g/mol. The summed E-state index contributed by atoms with van der Waals surface area (Å²) in [7, 11) is 2.21. The van der Waals surface area contributed by atoms with E-state index in [1.54, 1.807) is 0 Å². The van der Waals surface area contributed by atoms with Crippen LogP contribution in [0, 0.1) is 11.8 Å². The maximum atomic E-state index is 3.54. The summed E-state index contributed by atoms with van der Waals surface area (Å²) in [4.78, 5) is 2.43. The lowest BCUT2D eigenvalue weighted by molar-refractivity contribution is 0.194. The predicted octanol–water partition coefficient (Wildman–Crippen LogP) is 2.21. The first-order valence-corrected chi connectivity index (χ1v) is 5.90. The van der Waals surface area contributed by atoms with Crippen LogP contribution in [0.3, 0.4) is 0 Å². The van der Waals surface area contributed by atoms with Crippen molar-refractivity contribution in [2.24, 2.45) is 11.8 Å². The van der Waals surface area contributed by atoms with Gasteiger partial charge in [0, 0.05) is 12.6 Å². The largest absolute Gasteiger partial charge is 0.315 e. The van der Waals surface area contributed by atoms with Crippen molar-refractivity contribution in [1.82, 2.24) is 10.2 Å². The number of hydrogen-bond acceptors (Lipinski definition) is 2. The number of hydrogen-bond donors (Lipinski definition) is 1. The van der Waals surface area contributed by atoms with E-state index in [0.717, 1.165) is 31.5 Å². The van der Waals surface area contributed by atoms with Gasteiger partial charge in [0.1, 0.15) is 0 Å². The lowest BCUT2D eigenvalue weighted by Crippen LogP contribution is -2.44. The van der Waals surface area contributed by atoms with Crippen LogP contribution < -0.4 is 5.32 Å². The van der Waals surface area contributed by atoms with Gasteiger partial charge in [-0.15, -0.1) is 0 Å².